The molecule has 1 aliphatic heterocycles. The van der Waals surface area contributed by atoms with Crippen LogP contribution in [-0.4, -0.2) is 14.7 Å². The van der Waals surface area contributed by atoms with Crippen LogP contribution in [0.25, 0.3) is 5.69 Å². The highest BCUT2D eigenvalue weighted by molar-refractivity contribution is 9.10. The molecule has 2 aromatic heterocycles. The Morgan fingerprint density at radius 3 is 2.42 bits per heavy atom. The standard InChI is InChI=1S/C24H18Br2N4S/c25-16-9-11-18(12-10-16)30-23(22(28-24(30)31)20-7-1-2-13-27-20)21-8-4-14-29(21)19-6-3-5-17(26)15-19/h1-15,22-23H,(H,28,31)/t22-,23+/m1/s1. The van der Waals surface area contributed by atoms with Crippen molar-refractivity contribution in [2.24, 2.45) is 0 Å². The number of halogens is 2. The molecule has 0 spiro atoms. The number of nitrogens with one attached hydrogen (secondary N) is 1. The van der Waals surface area contributed by atoms with Gasteiger partial charge in [-0.25, -0.2) is 0 Å². The second-order valence-corrected chi connectivity index (χ2v) is 9.47. The van der Waals surface area contributed by atoms with Crippen LogP contribution in [-0.2, 0) is 0 Å². The van der Waals surface area contributed by atoms with E-state index >= 15 is 0 Å². The zero-order valence-corrected chi connectivity index (χ0v) is 20.3. The highest BCUT2D eigenvalue weighted by atomic mass is 79.9. The summed E-state index contributed by atoms with van der Waals surface area (Å²) >= 11 is 13.0. The summed E-state index contributed by atoms with van der Waals surface area (Å²) in [6.07, 6.45) is 3.92. The molecule has 3 heterocycles. The second kappa shape index (κ2) is 8.57. The summed E-state index contributed by atoms with van der Waals surface area (Å²) in [5, 5.41) is 4.21. The maximum absolute atomic E-state index is 5.82. The van der Waals surface area contributed by atoms with E-state index in [1.807, 2.05) is 48.7 Å². The van der Waals surface area contributed by atoms with Gasteiger partial charge in [-0.2, -0.15) is 0 Å². The second-order valence-electron chi connectivity index (χ2n) is 7.26. The molecule has 1 aliphatic rings. The molecule has 1 fully saturated rings. The number of benzene rings is 2. The molecular formula is C24H18Br2N4S. The third kappa shape index (κ3) is 3.93. The topological polar surface area (TPSA) is 33.1 Å². The van der Waals surface area contributed by atoms with Gasteiger partial charge in [0.15, 0.2) is 5.11 Å². The number of rotatable bonds is 4. The van der Waals surface area contributed by atoms with Crippen molar-refractivity contribution in [3.63, 3.8) is 0 Å². The minimum absolute atomic E-state index is 0.0717. The fourth-order valence-corrected chi connectivity index (χ4v) is 5.03. The predicted molar refractivity (Wildman–Crippen MR) is 136 cm³/mol. The average Bonchev–Trinajstić information content (AvgIpc) is 3.39. The van der Waals surface area contributed by atoms with Crippen molar-refractivity contribution < 1.29 is 0 Å². The molecule has 0 unspecified atom stereocenters. The minimum atomic E-state index is -0.0850. The first-order chi connectivity index (χ1) is 15.1. The molecule has 31 heavy (non-hydrogen) atoms. The highest BCUT2D eigenvalue weighted by Crippen LogP contribution is 2.42. The van der Waals surface area contributed by atoms with Gasteiger partial charge in [-0.1, -0.05) is 44.0 Å². The third-order valence-corrected chi connectivity index (χ3v) is 6.71. The Hall–Kier alpha value is -2.48. The van der Waals surface area contributed by atoms with E-state index in [-0.39, 0.29) is 12.1 Å². The van der Waals surface area contributed by atoms with Crippen LogP contribution in [0.1, 0.15) is 23.5 Å². The molecule has 0 saturated carbocycles. The SMILES string of the molecule is S=C1N[C@H](c2ccccn2)[C@H](c2cccn2-c2cccc(Br)c2)N1c1ccc(Br)cc1. The molecule has 2 aromatic carbocycles. The van der Waals surface area contributed by atoms with Crippen molar-refractivity contribution in [2.45, 2.75) is 12.1 Å². The fourth-order valence-electron chi connectivity index (χ4n) is 4.03. The summed E-state index contributed by atoms with van der Waals surface area (Å²) in [6, 6.07) is 26.6. The van der Waals surface area contributed by atoms with E-state index in [0.29, 0.717) is 5.11 Å². The summed E-state index contributed by atoms with van der Waals surface area (Å²) in [7, 11) is 0. The maximum Gasteiger partial charge on any atom is 0.174 e. The summed E-state index contributed by atoms with van der Waals surface area (Å²) in [4.78, 5) is 6.83. The number of hydrogen-bond acceptors (Lipinski definition) is 2. The van der Waals surface area contributed by atoms with E-state index in [9.17, 15) is 0 Å². The summed E-state index contributed by atoms with van der Waals surface area (Å²) < 4.78 is 4.28. The Morgan fingerprint density at radius 2 is 1.68 bits per heavy atom. The van der Waals surface area contributed by atoms with Crippen LogP contribution in [0.2, 0.25) is 0 Å². The molecule has 0 radical (unpaired) electrons. The molecule has 4 aromatic rings. The molecule has 154 valence electrons. The largest absolute Gasteiger partial charge is 0.351 e. The van der Waals surface area contributed by atoms with E-state index in [1.54, 1.807) is 0 Å². The van der Waals surface area contributed by atoms with Gasteiger partial charge in [-0.15, -0.1) is 0 Å². The van der Waals surface area contributed by atoms with Crippen LogP contribution >= 0.6 is 44.1 Å². The Morgan fingerprint density at radius 1 is 0.839 bits per heavy atom. The van der Waals surface area contributed by atoms with E-state index in [2.05, 4.69) is 94.2 Å². The molecule has 0 bridgehead atoms. The number of pyridine rings is 1. The lowest BCUT2D eigenvalue weighted by atomic mass is 10.0. The maximum atomic E-state index is 5.82. The van der Waals surface area contributed by atoms with Crippen molar-refractivity contribution in [1.82, 2.24) is 14.9 Å². The van der Waals surface area contributed by atoms with Crippen LogP contribution in [0, 0.1) is 0 Å². The molecule has 1 N–H and O–H groups in total. The molecule has 4 nitrogen and oxygen atoms in total. The summed E-state index contributed by atoms with van der Waals surface area (Å²) in [6.45, 7) is 0. The van der Waals surface area contributed by atoms with Gasteiger partial charge in [0.1, 0.15) is 6.04 Å². The minimum Gasteiger partial charge on any atom is -0.351 e. The highest BCUT2D eigenvalue weighted by Gasteiger charge is 2.42. The van der Waals surface area contributed by atoms with Gasteiger partial charge in [0.2, 0.25) is 0 Å². The molecule has 0 amide bonds. The van der Waals surface area contributed by atoms with Gasteiger partial charge >= 0.3 is 0 Å². The van der Waals surface area contributed by atoms with Gasteiger partial charge in [-0.3, -0.25) is 4.98 Å². The van der Waals surface area contributed by atoms with Gasteiger partial charge in [-0.05, 0) is 78.9 Å². The molecule has 7 heteroatoms. The zero-order valence-electron chi connectivity index (χ0n) is 16.3. The lowest BCUT2D eigenvalue weighted by Crippen LogP contribution is -2.30. The van der Waals surface area contributed by atoms with Crippen LogP contribution in [0.15, 0.2) is 100 Å². The lowest BCUT2D eigenvalue weighted by Gasteiger charge is -2.29. The Labute approximate surface area is 203 Å². The lowest BCUT2D eigenvalue weighted by molar-refractivity contribution is 0.549. The van der Waals surface area contributed by atoms with Crippen LogP contribution in [0.5, 0.6) is 0 Å². The van der Waals surface area contributed by atoms with Gasteiger partial charge in [0.05, 0.1) is 11.7 Å². The van der Waals surface area contributed by atoms with E-state index < -0.39 is 0 Å². The normalized spacial score (nSPS) is 18.3. The Kier molecular flexibility index (Phi) is 5.65. The molecule has 2 atom stereocenters. The van der Waals surface area contributed by atoms with Crippen LogP contribution < -0.4 is 10.2 Å². The first kappa shape index (κ1) is 20.4. The molecule has 5 rings (SSSR count). The monoisotopic (exact) mass is 552 g/mol. The number of aromatic nitrogens is 2. The van der Waals surface area contributed by atoms with Crippen molar-refractivity contribution in [3.8, 4) is 5.69 Å². The fraction of sp³-hybridized carbons (Fsp3) is 0.0833. The number of anilines is 1. The predicted octanol–water partition coefficient (Wildman–Crippen LogP) is 6.57. The van der Waals surface area contributed by atoms with Gasteiger partial charge < -0.3 is 14.8 Å². The van der Waals surface area contributed by atoms with Crippen molar-refractivity contribution in [1.29, 1.82) is 0 Å². The van der Waals surface area contributed by atoms with Crippen molar-refractivity contribution in [2.75, 3.05) is 4.90 Å². The smallest absolute Gasteiger partial charge is 0.174 e. The van der Waals surface area contributed by atoms with Crippen molar-refractivity contribution >= 4 is 54.9 Å². The van der Waals surface area contributed by atoms with Crippen LogP contribution in [0.4, 0.5) is 5.69 Å². The quantitative estimate of drug-likeness (QED) is 0.290. The van der Waals surface area contributed by atoms with Gasteiger partial charge in [0.25, 0.3) is 0 Å². The number of hydrogen-bond donors (Lipinski definition) is 1. The Balaban J connectivity index is 1.67. The molecular weight excluding hydrogens is 536 g/mol. The first-order valence-electron chi connectivity index (χ1n) is 9.81. The van der Waals surface area contributed by atoms with E-state index in [0.717, 1.165) is 31.7 Å². The molecule has 1 saturated heterocycles. The summed E-state index contributed by atoms with van der Waals surface area (Å²) in [5.41, 5.74) is 4.20. The first-order valence-corrected chi connectivity index (χ1v) is 11.8. The third-order valence-electron chi connectivity index (χ3n) is 5.37. The molecule has 0 aliphatic carbocycles. The van der Waals surface area contributed by atoms with Crippen LogP contribution in [0.3, 0.4) is 0 Å². The average molecular weight is 554 g/mol. The van der Waals surface area contributed by atoms with Gasteiger partial charge in [0, 0.05) is 38.4 Å². The number of thiocarbonyl (C=S) groups is 1. The zero-order chi connectivity index (χ0) is 21.4. The number of nitrogens with zero attached hydrogens (tertiary/aromatic N) is 3. The Bertz CT molecular complexity index is 1220. The van der Waals surface area contributed by atoms with E-state index in [1.165, 1.54) is 0 Å². The summed E-state index contributed by atoms with van der Waals surface area (Å²) in [5.74, 6) is 0. The van der Waals surface area contributed by atoms with E-state index in [4.69, 9.17) is 12.2 Å². The van der Waals surface area contributed by atoms with Crippen molar-refractivity contribution in [3.05, 3.63) is 112 Å².